The molecule has 1 amide bonds. The van der Waals surface area contributed by atoms with E-state index in [4.69, 9.17) is 5.26 Å². The smallest absolute Gasteiger partial charge is 0.254 e. The van der Waals surface area contributed by atoms with Gasteiger partial charge in [0.15, 0.2) is 5.78 Å². The zero-order valence-corrected chi connectivity index (χ0v) is 6.92. The van der Waals surface area contributed by atoms with E-state index in [1.54, 1.807) is 6.07 Å². The minimum atomic E-state index is -0.516. The molecule has 5 heteroatoms. The lowest BCUT2D eigenvalue weighted by Gasteiger charge is -1.95. The summed E-state index contributed by atoms with van der Waals surface area (Å²) in [5, 5.41) is 11.5. The molecule has 0 saturated carbocycles. The number of Topliss-reactive ketones (excluding diaryl/α,β-unsaturated/α-hetero) is 1. The molecule has 5 nitrogen and oxygen atoms in total. The Kier molecular flexibility index (Phi) is 4.31. The summed E-state index contributed by atoms with van der Waals surface area (Å²) in [4.78, 5) is 21.2. The van der Waals surface area contributed by atoms with Crippen molar-refractivity contribution >= 4 is 17.4 Å². The first-order valence-corrected chi connectivity index (χ1v) is 3.29. The fourth-order valence-corrected chi connectivity index (χ4v) is 0.336. The molecule has 0 rings (SSSR count). The van der Waals surface area contributed by atoms with E-state index in [2.05, 4.69) is 10.5 Å². The number of nitrogens with zero attached hydrogens (tertiary/aromatic N) is 2. The van der Waals surface area contributed by atoms with E-state index < -0.39 is 5.91 Å². The van der Waals surface area contributed by atoms with E-state index in [1.807, 2.05) is 0 Å². The highest BCUT2D eigenvalue weighted by molar-refractivity contribution is 6.38. The van der Waals surface area contributed by atoms with Crippen LogP contribution in [-0.2, 0) is 9.59 Å². The first-order valence-electron chi connectivity index (χ1n) is 3.29. The van der Waals surface area contributed by atoms with Crippen molar-refractivity contribution in [3.8, 4) is 6.07 Å². The maximum atomic E-state index is 10.6. The van der Waals surface area contributed by atoms with Crippen molar-refractivity contribution < 1.29 is 9.59 Å². The van der Waals surface area contributed by atoms with Crippen LogP contribution in [0.15, 0.2) is 5.10 Å². The van der Waals surface area contributed by atoms with E-state index >= 15 is 0 Å². The number of hydrazone groups is 1. The van der Waals surface area contributed by atoms with Gasteiger partial charge in [0.25, 0.3) is 5.91 Å². The summed E-state index contributed by atoms with van der Waals surface area (Å²) in [6.07, 6.45) is -0.255. The molecule has 0 spiro atoms. The Morgan fingerprint density at radius 1 is 1.50 bits per heavy atom. The molecule has 0 aromatic heterocycles. The summed E-state index contributed by atoms with van der Waals surface area (Å²) < 4.78 is 0. The average Bonchev–Trinajstić information content (AvgIpc) is 2.00. The van der Waals surface area contributed by atoms with E-state index in [9.17, 15) is 9.59 Å². The largest absolute Gasteiger partial charge is 0.293 e. The van der Waals surface area contributed by atoms with E-state index in [0.29, 0.717) is 0 Å². The topological polar surface area (TPSA) is 82.3 Å². The fraction of sp³-hybridized carbons (Fsp3) is 0.429. The molecule has 0 bridgehead atoms. The van der Waals surface area contributed by atoms with Crippen molar-refractivity contribution in [1.82, 2.24) is 5.43 Å². The number of amides is 1. The monoisotopic (exact) mass is 167 g/mol. The third kappa shape index (κ3) is 4.17. The molecule has 1 N–H and O–H groups in total. The Hall–Kier alpha value is -1.70. The SMILES string of the molecule is CC(=O)/C(C)=N/NC(=O)CC#N. The Balaban J connectivity index is 3.98. The average molecular weight is 167 g/mol. The molecule has 0 heterocycles. The zero-order valence-electron chi connectivity index (χ0n) is 6.92. The van der Waals surface area contributed by atoms with Gasteiger partial charge in [-0.2, -0.15) is 10.4 Å². The summed E-state index contributed by atoms with van der Waals surface area (Å²) >= 11 is 0. The van der Waals surface area contributed by atoms with Gasteiger partial charge in [0.1, 0.15) is 12.1 Å². The molecule has 0 aliphatic heterocycles. The van der Waals surface area contributed by atoms with Gasteiger partial charge in [-0.25, -0.2) is 5.43 Å². The van der Waals surface area contributed by atoms with E-state index in [-0.39, 0.29) is 17.9 Å². The first kappa shape index (κ1) is 10.3. The third-order valence-corrected chi connectivity index (χ3v) is 1.10. The molecule has 0 aliphatic rings. The highest BCUT2D eigenvalue weighted by Gasteiger charge is 2.00. The molecular weight excluding hydrogens is 158 g/mol. The minimum Gasteiger partial charge on any atom is -0.293 e. The zero-order chi connectivity index (χ0) is 9.56. The maximum Gasteiger partial charge on any atom is 0.254 e. The van der Waals surface area contributed by atoms with E-state index in [1.165, 1.54) is 13.8 Å². The summed E-state index contributed by atoms with van der Waals surface area (Å²) in [7, 11) is 0. The van der Waals surface area contributed by atoms with Crippen LogP contribution in [0.5, 0.6) is 0 Å². The van der Waals surface area contributed by atoms with Gasteiger partial charge in [-0.05, 0) is 6.92 Å². The van der Waals surface area contributed by atoms with Gasteiger partial charge < -0.3 is 0 Å². The first-order chi connectivity index (χ1) is 5.57. The quantitative estimate of drug-likeness (QED) is 0.473. The van der Waals surface area contributed by atoms with Crippen LogP contribution in [-0.4, -0.2) is 17.4 Å². The van der Waals surface area contributed by atoms with Gasteiger partial charge in [-0.1, -0.05) is 0 Å². The van der Waals surface area contributed by atoms with E-state index in [0.717, 1.165) is 0 Å². The minimum absolute atomic E-state index is 0.210. The standard InChI is InChI=1S/C7H9N3O2/c1-5(6(2)11)9-10-7(12)3-4-8/h3H2,1-2H3,(H,10,12)/b9-5+. The summed E-state index contributed by atoms with van der Waals surface area (Å²) in [5.41, 5.74) is 2.28. The Bertz CT molecular complexity index is 262. The van der Waals surface area contributed by atoms with Gasteiger partial charge in [-0.3, -0.25) is 9.59 Å². The van der Waals surface area contributed by atoms with Crippen molar-refractivity contribution in [2.75, 3.05) is 0 Å². The number of hydrogen-bond acceptors (Lipinski definition) is 4. The second-order valence-corrected chi connectivity index (χ2v) is 2.12. The van der Waals surface area contributed by atoms with Crippen LogP contribution in [0.4, 0.5) is 0 Å². The normalized spacial score (nSPS) is 10.2. The second kappa shape index (κ2) is 5.02. The van der Waals surface area contributed by atoms with Crippen LogP contribution in [0.3, 0.4) is 0 Å². The molecule has 0 radical (unpaired) electrons. The Morgan fingerprint density at radius 3 is 2.50 bits per heavy atom. The lowest BCUT2D eigenvalue weighted by molar-refractivity contribution is -0.120. The van der Waals surface area contributed by atoms with Crippen LogP contribution >= 0.6 is 0 Å². The lowest BCUT2D eigenvalue weighted by atomic mass is 10.3. The molecule has 0 aromatic rings. The molecule has 0 unspecified atom stereocenters. The van der Waals surface area contributed by atoms with Crippen LogP contribution in [0.25, 0.3) is 0 Å². The molecule has 0 fully saturated rings. The molecule has 0 saturated heterocycles. The molecule has 0 atom stereocenters. The molecular formula is C7H9N3O2. The van der Waals surface area contributed by atoms with Gasteiger partial charge in [0, 0.05) is 6.92 Å². The Labute approximate surface area is 70.1 Å². The molecule has 64 valence electrons. The summed E-state index contributed by atoms with van der Waals surface area (Å²) in [6.45, 7) is 2.82. The molecule has 0 aromatic carbocycles. The maximum absolute atomic E-state index is 10.6. The van der Waals surface area contributed by atoms with Crippen molar-refractivity contribution in [2.45, 2.75) is 20.3 Å². The van der Waals surface area contributed by atoms with Gasteiger partial charge in [-0.15, -0.1) is 0 Å². The van der Waals surface area contributed by atoms with Crippen molar-refractivity contribution in [3.63, 3.8) is 0 Å². The highest BCUT2D eigenvalue weighted by atomic mass is 16.2. The van der Waals surface area contributed by atoms with Gasteiger partial charge >= 0.3 is 0 Å². The Morgan fingerprint density at radius 2 is 2.08 bits per heavy atom. The second-order valence-electron chi connectivity index (χ2n) is 2.12. The number of hydrogen-bond donors (Lipinski definition) is 1. The predicted octanol–water partition coefficient (Wildman–Crippen LogP) is -0.0188. The number of carbonyl (C=O) groups is 2. The molecule has 0 aliphatic carbocycles. The number of nitrogens with one attached hydrogen (secondary N) is 1. The molecule has 12 heavy (non-hydrogen) atoms. The predicted molar refractivity (Wildman–Crippen MR) is 42.2 cm³/mol. The number of nitriles is 1. The van der Waals surface area contributed by atoms with Crippen LogP contribution in [0, 0.1) is 11.3 Å². The van der Waals surface area contributed by atoms with Crippen LogP contribution < -0.4 is 5.43 Å². The van der Waals surface area contributed by atoms with Crippen molar-refractivity contribution in [2.24, 2.45) is 5.10 Å². The van der Waals surface area contributed by atoms with Gasteiger partial charge in [0.05, 0.1) is 6.07 Å². The van der Waals surface area contributed by atoms with Crippen molar-refractivity contribution in [1.29, 1.82) is 5.26 Å². The fourth-order valence-electron chi connectivity index (χ4n) is 0.336. The number of rotatable bonds is 3. The summed E-state index contributed by atoms with van der Waals surface area (Å²) in [5.74, 6) is -0.731. The third-order valence-electron chi connectivity index (χ3n) is 1.10. The van der Waals surface area contributed by atoms with Crippen molar-refractivity contribution in [3.05, 3.63) is 0 Å². The van der Waals surface area contributed by atoms with Gasteiger partial charge in [0.2, 0.25) is 0 Å². The van der Waals surface area contributed by atoms with Crippen LogP contribution in [0.1, 0.15) is 20.3 Å². The number of carbonyl (C=O) groups excluding carboxylic acids is 2. The number of ketones is 1. The highest BCUT2D eigenvalue weighted by Crippen LogP contribution is 1.79. The van der Waals surface area contributed by atoms with Crippen LogP contribution in [0.2, 0.25) is 0 Å². The lowest BCUT2D eigenvalue weighted by Crippen LogP contribution is -2.20. The summed E-state index contributed by atoms with van der Waals surface area (Å²) in [6, 6.07) is 1.65.